The quantitative estimate of drug-likeness (QED) is 0.771. The van der Waals surface area contributed by atoms with Crippen molar-refractivity contribution in [3.05, 3.63) is 59.6 Å². The van der Waals surface area contributed by atoms with Gasteiger partial charge in [0.15, 0.2) is 0 Å². The molecular formula is C20H22N2O3. The molecule has 2 aromatic heterocycles. The van der Waals surface area contributed by atoms with Gasteiger partial charge in [0.1, 0.15) is 11.7 Å². The van der Waals surface area contributed by atoms with Gasteiger partial charge in [-0.15, -0.1) is 0 Å². The van der Waals surface area contributed by atoms with Crippen LogP contribution in [0.4, 0.5) is 0 Å². The van der Waals surface area contributed by atoms with Crippen LogP contribution in [0.1, 0.15) is 54.1 Å². The molecule has 2 heterocycles. The second kappa shape index (κ2) is 6.67. The molecule has 5 nitrogen and oxygen atoms in total. The van der Waals surface area contributed by atoms with Crippen LogP contribution in [0.5, 0.6) is 5.88 Å². The Bertz CT molecular complexity index is 814. The van der Waals surface area contributed by atoms with Crippen molar-refractivity contribution >= 4 is 12.0 Å². The molecule has 0 saturated carbocycles. The van der Waals surface area contributed by atoms with Crippen molar-refractivity contribution in [2.45, 2.75) is 33.3 Å². The molecule has 2 aromatic rings. The Balaban J connectivity index is 2.03. The first-order valence-electron chi connectivity index (χ1n) is 8.37. The lowest BCUT2D eigenvalue weighted by molar-refractivity contribution is 0.0494. The van der Waals surface area contributed by atoms with Crippen molar-refractivity contribution in [3.63, 3.8) is 0 Å². The molecule has 0 aromatic carbocycles. The molecule has 1 unspecified atom stereocenters. The summed E-state index contributed by atoms with van der Waals surface area (Å²) in [4.78, 5) is 21.2. The number of hydrogen-bond acceptors (Lipinski definition) is 5. The van der Waals surface area contributed by atoms with E-state index in [4.69, 9.17) is 9.47 Å². The zero-order chi connectivity index (χ0) is 18.0. The predicted molar refractivity (Wildman–Crippen MR) is 95.4 cm³/mol. The lowest BCUT2D eigenvalue weighted by atomic mass is 9.88. The number of esters is 1. The lowest BCUT2D eigenvalue weighted by Crippen LogP contribution is -2.24. The Morgan fingerprint density at radius 2 is 2.16 bits per heavy atom. The predicted octanol–water partition coefficient (Wildman–Crippen LogP) is 4.00. The fourth-order valence-electron chi connectivity index (χ4n) is 3.24. The van der Waals surface area contributed by atoms with Crippen LogP contribution in [-0.4, -0.2) is 22.5 Å². The molecule has 1 aliphatic carbocycles. The van der Waals surface area contributed by atoms with E-state index in [1.807, 2.05) is 6.07 Å². The Morgan fingerprint density at radius 3 is 2.88 bits per heavy atom. The number of carbonyl (C=O) groups excluding carboxylic acids is 1. The van der Waals surface area contributed by atoms with E-state index >= 15 is 0 Å². The summed E-state index contributed by atoms with van der Waals surface area (Å²) < 4.78 is 11.4. The normalized spacial score (nSPS) is 17.6. The van der Waals surface area contributed by atoms with Gasteiger partial charge >= 0.3 is 5.97 Å². The molecule has 5 heteroatoms. The van der Waals surface area contributed by atoms with Gasteiger partial charge in [-0.3, -0.25) is 4.98 Å². The molecule has 0 radical (unpaired) electrons. The zero-order valence-corrected chi connectivity index (χ0v) is 14.8. The molecule has 1 atom stereocenters. The molecule has 0 N–H and O–H groups in total. The Labute approximate surface area is 147 Å². The molecule has 0 amide bonds. The van der Waals surface area contributed by atoms with Gasteiger partial charge in [0, 0.05) is 17.8 Å². The van der Waals surface area contributed by atoms with Crippen LogP contribution in [0.25, 0.3) is 6.08 Å². The molecule has 0 bridgehead atoms. The first-order valence-corrected chi connectivity index (χ1v) is 8.37. The topological polar surface area (TPSA) is 61.3 Å². The minimum atomic E-state index is -0.461. The molecule has 3 rings (SSSR count). The summed E-state index contributed by atoms with van der Waals surface area (Å²) in [6, 6.07) is 5.71. The molecule has 0 aliphatic heterocycles. The minimum absolute atomic E-state index is 0.158. The van der Waals surface area contributed by atoms with Crippen molar-refractivity contribution in [2.75, 3.05) is 6.61 Å². The van der Waals surface area contributed by atoms with Gasteiger partial charge in [-0.2, -0.15) is 0 Å². The summed E-state index contributed by atoms with van der Waals surface area (Å²) in [6.45, 7) is 10.1. The number of aromatic nitrogens is 2. The van der Waals surface area contributed by atoms with E-state index in [9.17, 15) is 4.79 Å². The molecule has 130 valence electrons. The first kappa shape index (κ1) is 17.1. The number of ether oxygens (including phenoxy) is 2. The fraction of sp³-hybridized carbons (Fsp3) is 0.350. The summed E-state index contributed by atoms with van der Waals surface area (Å²) >= 11 is 0. The number of rotatable bonds is 5. The van der Waals surface area contributed by atoms with Gasteiger partial charge in [-0.25, -0.2) is 9.78 Å². The van der Waals surface area contributed by atoms with Gasteiger partial charge in [0.2, 0.25) is 5.88 Å². The first-order chi connectivity index (χ1) is 12.0. The van der Waals surface area contributed by atoms with Crippen LogP contribution in [0.15, 0.2) is 37.2 Å². The molecule has 0 spiro atoms. The summed E-state index contributed by atoms with van der Waals surface area (Å²) in [5.74, 6) is -0.204. The van der Waals surface area contributed by atoms with Crippen molar-refractivity contribution in [1.29, 1.82) is 0 Å². The van der Waals surface area contributed by atoms with Crippen LogP contribution in [0.3, 0.4) is 0 Å². The molecule has 25 heavy (non-hydrogen) atoms. The summed E-state index contributed by atoms with van der Waals surface area (Å²) in [5.41, 5.74) is 2.84. The molecule has 1 aliphatic rings. The third-order valence-corrected chi connectivity index (χ3v) is 4.41. The van der Waals surface area contributed by atoms with E-state index in [1.165, 1.54) is 0 Å². The zero-order valence-electron chi connectivity index (χ0n) is 14.8. The molecule has 0 saturated heterocycles. The highest BCUT2D eigenvalue weighted by atomic mass is 16.5. The summed E-state index contributed by atoms with van der Waals surface area (Å²) in [5, 5.41) is 0. The van der Waals surface area contributed by atoms with Crippen LogP contribution in [-0.2, 0) is 11.2 Å². The Hall–Kier alpha value is -2.69. The Morgan fingerprint density at radius 1 is 1.36 bits per heavy atom. The molecule has 0 fully saturated rings. The van der Waals surface area contributed by atoms with Crippen LogP contribution < -0.4 is 4.74 Å². The van der Waals surface area contributed by atoms with E-state index in [1.54, 1.807) is 31.5 Å². The number of carbonyl (C=O) groups is 1. The fourth-order valence-corrected chi connectivity index (χ4v) is 3.24. The van der Waals surface area contributed by atoms with Gasteiger partial charge in [0.05, 0.1) is 12.3 Å². The Kier molecular flexibility index (Phi) is 4.57. The van der Waals surface area contributed by atoms with E-state index in [2.05, 4.69) is 36.5 Å². The third-order valence-electron chi connectivity index (χ3n) is 4.41. The van der Waals surface area contributed by atoms with E-state index in [0.29, 0.717) is 11.1 Å². The van der Waals surface area contributed by atoms with Gasteiger partial charge in [-0.05, 0) is 36.6 Å². The largest absolute Gasteiger partial charge is 0.467 e. The summed E-state index contributed by atoms with van der Waals surface area (Å²) in [7, 11) is 0. The van der Waals surface area contributed by atoms with Crippen LogP contribution in [0, 0.1) is 5.41 Å². The smallest absolute Gasteiger partial charge is 0.344 e. The maximum atomic E-state index is 12.4. The van der Waals surface area contributed by atoms with E-state index in [-0.39, 0.29) is 24.0 Å². The highest BCUT2D eigenvalue weighted by Gasteiger charge is 2.42. The van der Waals surface area contributed by atoms with Crippen LogP contribution in [0.2, 0.25) is 0 Å². The van der Waals surface area contributed by atoms with Crippen molar-refractivity contribution in [1.82, 2.24) is 9.97 Å². The summed E-state index contributed by atoms with van der Waals surface area (Å²) in [6.07, 6.45) is 5.54. The van der Waals surface area contributed by atoms with Crippen molar-refractivity contribution in [2.24, 2.45) is 5.41 Å². The SMILES string of the molecule is C=Cc1ccnc(OC2c3ncccc3CC2(C)C)c1C(=O)OCC. The van der Waals surface area contributed by atoms with Crippen molar-refractivity contribution in [3.8, 4) is 5.88 Å². The average Bonchev–Trinajstić information content (AvgIpc) is 2.85. The van der Waals surface area contributed by atoms with Crippen molar-refractivity contribution < 1.29 is 14.3 Å². The number of fused-ring (bicyclic) bond motifs is 1. The lowest BCUT2D eigenvalue weighted by Gasteiger charge is -2.27. The second-order valence-electron chi connectivity index (χ2n) is 6.72. The minimum Gasteiger partial charge on any atom is -0.467 e. The van der Waals surface area contributed by atoms with Gasteiger partial charge in [0.25, 0.3) is 0 Å². The highest BCUT2D eigenvalue weighted by molar-refractivity contribution is 5.95. The van der Waals surface area contributed by atoms with E-state index in [0.717, 1.165) is 17.7 Å². The number of nitrogens with zero attached hydrogens (tertiary/aromatic N) is 2. The number of hydrogen-bond donors (Lipinski definition) is 0. The third kappa shape index (κ3) is 3.14. The highest BCUT2D eigenvalue weighted by Crippen LogP contribution is 2.46. The maximum Gasteiger partial charge on any atom is 0.344 e. The molecular weight excluding hydrogens is 316 g/mol. The second-order valence-corrected chi connectivity index (χ2v) is 6.72. The van der Waals surface area contributed by atoms with Crippen LogP contribution >= 0.6 is 0 Å². The average molecular weight is 338 g/mol. The van der Waals surface area contributed by atoms with E-state index < -0.39 is 5.97 Å². The maximum absolute atomic E-state index is 12.4. The van der Waals surface area contributed by atoms with Gasteiger partial charge in [-0.1, -0.05) is 32.6 Å². The standard InChI is InChI=1S/C20H22N2O3/c1-5-13-9-11-22-18(15(13)19(23)24-6-2)25-17-16-14(8-7-10-21-16)12-20(17,3)4/h5,7-11,17H,1,6,12H2,2-4H3. The monoisotopic (exact) mass is 338 g/mol. The van der Waals surface area contributed by atoms with Gasteiger partial charge < -0.3 is 9.47 Å². The number of pyridine rings is 2.